The van der Waals surface area contributed by atoms with E-state index in [2.05, 4.69) is 190 Å². The van der Waals surface area contributed by atoms with Gasteiger partial charge in [-0.15, -0.1) is 0 Å². The predicted octanol–water partition coefficient (Wildman–Crippen LogP) is 13.9. The number of aromatic nitrogens is 2. The summed E-state index contributed by atoms with van der Waals surface area (Å²) in [6, 6.07) is 69.6. The van der Waals surface area contributed by atoms with Crippen LogP contribution in [-0.4, -0.2) is 9.97 Å². The van der Waals surface area contributed by atoms with Gasteiger partial charge >= 0.3 is 0 Å². The molecule has 1 aliphatic rings. The lowest BCUT2D eigenvalue weighted by molar-refractivity contribution is 0.660. The summed E-state index contributed by atoms with van der Waals surface area (Å²) in [5.74, 6) is 0.707. The van der Waals surface area contributed by atoms with E-state index in [4.69, 9.17) is 9.97 Å². The van der Waals surface area contributed by atoms with E-state index in [0.29, 0.717) is 5.82 Å². The topological polar surface area (TPSA) is 25.8 Å². The molecule has 0 fully saturated rings. The lowest BCUT2D eigenvalue weighted by atomic mass is 9.82. The van der Waals surface area contributed by atoms with Crippen molar-refractivity contribution in [1.82, 2.24) is 9.97 Å². The minimum Gasteiger partial charge on any atom is -0.228 e. The molecular weight excluding hydrogens is 665 g/mol. The Morgan fingerprint density at radius 2 is 0.836 bits per heavy atom. The number of hydrogen-bond donors (Lipinski definition) is 0. The van der Waals surface area contributed by atoms with Crippen LogP contribution >= 0.6 is 0 Å². The molecule has 260 valence electrons. The summed E-state index contributed by atoms with van der Waals surface area (Å²) in [6.45, 7) is 4.67. The molecule has 10 rings (SSSR count). The Morgan fingerprint density at radius 3 is 1.60 bits per heavy atom. The van der Waals surface area contributed by atoms with Gasteiger partial charge in [-0.2, -0.15) is 0 Å². The fourth-order valence-corrected chi connectivity index (χ4v) is 8.46. The van der Waals surface area contributed by atoms with Gasteiger partial charge in [-0.05, 0) is 84.6 Å². The van der Waals surface area contributed by atoms with Crippen LogP contribution in [0.25, 0.3) is 89.2 Å². The summed E-state index contributed by atoms with van der Waals surface area (Å²) >= 11 is 0. The molecule has 0 saturated heterocycles. The Labute approximate surface area is 322 Å². The fourth-order valence-electron chi connectivity index (χ4n) is 8.46. The smallest absolute Gasteiger partial charge is 0.160 e. The highest BCUT2D eigenvalue weighted by molar-refractivity contribution is 6.05. The van der Waals surface area contributed by atoms with E-state index in [1.807, 2.05) is 18.2 Å². The predicted molar refractivity (Wildman–Crippen MR) is 230 cm³/mol. The molecule has 55 heavy (non-hydrogen) atoms. The van der Waals surface area contributed by atoms with Crippen LogP contribution in [0.5, 0.6) is 0 Å². The summed E-state index contributed by atoms with van der Waals surface area (Å²) in [4.78, 5) is 10.4. The molecule has 2 nitrogen and oxygen atoms in total. The van der Waals surface area contributed by atoms with Crippen molar-refractivity contribution < 1.29 is 0 Å². The second kappa shape index (κ2) is 13.2. The molecule has 0 unspecified atom stereocenters. The second-order valence-electron chi connectivity index (χ2n) is 15.0. The molecule has 0 amide bonds. The van der Waals surface area contributed by atoms with Crippen LogP contribution < -0.4 is 0 Å². The van der Waals surface area contributed by atoms with Crippen LogP contribution in [0.4, 0.5) is 0 Å². The number of benzene rings is 8. The summed E-state index contributed by atoms with van der Waals surface area (Å²) in [7, 11) is 0. The molecule has 0 radical (unpaired) electrons. The van der Waals surface area contributed by atoms with Gasteiger partial charge in [-0.25, -0.2) is 9.97 Å². The van der Waals surface area contributed by atoms with Gasteiger partial charge in [0.1, 0.15) is 0 Å². The van der Waals surface area contributed by atoms with Crippen molar-refractivity contribution in [2.75, 3.05) is 0 Å². The van der Waals surface area contributed by atoms with Crippen LogP contribution in [0.1, 0.15) is 25.0 Å². The number of nitrogens with zero attached hydrogens (tertiary/aromatic N) is 2. The Bertz CT molecular complexity index is 2870. The minimum atomic E-state index is -0.0237. The monoisotopic (exact) mass is 702 g/mol. The minimum absolute atomic E-state index is 0.0237. The molecule has 0 aliphatic heterocycles. The standard InChI is InChI=1S/C53H38N2/c1-53(2)48-23-12-11-22-45(48)47-33-40(28-31-49(47)53)42-29-30-46(44-21-10-9-20-43(42)44)51-34-50(54-52(55-51)38-16-7-4-8-17-38)41-19-13-18-39(32-41)37-26-24-36(25-27-37)35-14-5-3-6-15-35/h3-34H,1-2H3. The van der Waals surface area contributed by atoms with Crippen molar-refractivity contribution in [1.29, 1.82) is 0 Å². The number of fused-ring (bicyclic) bond motifs is 4. The third kappa shape index (κ3) is 5.75. The SMILES string of the molecule is CC1(C)c2ccccc2-c2cc(-c3ccc(-c4cc(-c5cccc(-c6ccc(-c7ccccc7)cc6)c5)nc(-c5ccccc5)n4)c4ccccc34)ccc21. The maximum Gasteiger partial charge on any atom is 0.160 e. The van der Waals surface area contributed by atoms with Crippen LogP contribution in [0.15, 0.2) is 194 Å². The summed E-state index contributed by atoms with van der Waals surface area (Å²) in [5, 5.41) is 2.37. The molecule has 2 heteroatoms. The van der Waals surface area contributed by atoms with Crippen molar-refractivity contribution in [3.05, 3.63) is 205 Å². The molecule has 8 aromatic carbocycles. The van der Waals surface area contributed by atoms with Gasteiger partial charge in [-0.3, -0.25) is 0 Å². The maximum atomic E-state index is 5.25. The zero-order valence-electron chi connectivity index (χ0n) is 30.9. The first-order chi connectivity index (χ1) is 27.0. The van der Waals surface area contributed by atoms with E-state index in [1.54, 1.807) is 0 Å². The summed E-state index contributed by atoms with van der Waals surface area (Å²) < 4.78 is 0. The summed E-state index contributed by atoms with van der Waals surface area (Å²) in [5.41, 5.74) is 17.5. The van der Waals surface area contributed by atoms with Gasteiger partial charge in [0.05, 0.1) is 11.4 Å². The zero-order chi connectivity index (χ0) is 36.9. The second-order valence-corrected chi connectivity index (χ2v) is 15.0. The van der Waals surface area contributed by atoms with Crippen molar-refractivity contribution in [2.24, 2.45) is 0 Å². The molecule has 0 bridgehead atoms. The Hall–Kier alpha value is -6.90. The number of hydrogen-bond acceptors (Lipinski definition) is 2. The lowest BCUT2D eigenvalue weighted by Crippen LogP contribution is -2.14. The summed E-state index contributed by atoms with van der Waals surface area (Å²) in [6.07, 6.45) is 0. The lowest BCUT2D eigenvalue weighted by Gasteiger charge is -2.21. The average Bonchev–Trinajstić information content (AvgIpc) is 3.49. The third-order valence-electron chi connectivity index (χ3n) is 11.3. The van der Waals surface area contributed by atoms with E-state index in [1.165, 1.54) is 55.5 Å². The molecule has 0 saturated carbocycles. The molecule has 1 heterocycles. The Balaban J connectivity index is 1.08. The first-order valence-electron chi connectivity index (χ1n) is 19.0. The highest BCUT2D eigenvalue weighted by Gasteiger charge is 2.35. The van der Waals surface area contributed by atoms with E-state index in [9.17, 15) is 0 Å². The Morgan fingerprint density at radius 1 is 0.309 bits per heavy atom. The van der Waals surface area contributed by atoms with Gasteiger partial charge in [0.25, 0.3) is 0 Å². The maximum absolute atomic E-state index is 5.25. The van der Waals surface area contributed by atoms with Crippen LogP contribution in [0.3, 0.4) is 0 Å². The quantitative estimate of drug-likeness (QED) is 0.172. The van der Waals surface area contributed by atoms with Crippen molar-refractivity contribution in [3.8, 4) is 78.4 Å². The molecule has 9 aromatic rings. The third-order valence-corrected chi connectivity index (χ3v) is 11.3. The molecule has 1 aliphatic carbocycles. The largest absolute Gasteiger partial charge is 0.228 e. The normalized spacial score (nSPS) is 12.7. The van der Waals surface area contributed by atoms with E-state index >= 15 is 0 Å². The Kier molecular flexibility index (Phi) is 7.85. The van der Waals surface area contributed by atoms with Crippen molar-refractivity contribution >= 4 is 10.8 Å². The highest BCUT2D eigenvalue weighted by Crippen LogP contribution is 2.50. The highest BCUT2D eigenvalue weighted by atomic mass is 14.9. The molecule has 0 N–H and O–H groups in total. The van der Waals surface area contributed by atoms with Gasteiger partial charge in [0, 0.05) is 22.1 Å². The van der Waals surface area contributed by atoms with Crippen LogP contribution in [-0.2, 0) is 5.41 Å². The van der Waals surface area contributed by atoms with E-state index < -0.39 is 0 Å². The van der Waals surface area contributed by atoms with Crippen molar-refractivity contribution in [3.63, 3.8) is 0 Å². The first kappa shape index (κ1) is 32.7. The molecule has 1 aromatic heterocycles. The van der Waals surface area contributed by atoms with Gasteiger partial charge < -0.3 is 0 Å². The van der Waals surface area contributed by atoms with Crippen LogP contribution in [0.2, 0.25) is 0 Å². The molecular formula is C53H38N2. The van der Waals surface area contributed by atoms with E-state index in [-0.39, 0.29) is 5.41 Å². The fraction of sp³-hybridized carbons (Fsp3) is 0.0566. The van der Waals surface area contributed by atoms with Gasteiger partial charge in [0.2, 0.25) is 0 Å². The number of rotatable bonds is 6. The first-order valence-corrected chi connectivity index (χ1v) is 19.0. The van der Waals surface area contributed by atoms with Crippen LogP contribution in [0, 0.1) is 0 Å². The van der Waals surface area contributed by atoms with Crippen molar-refractivity contribution in [2.45, 2.75) is 19.3 Å². The van der Waals surface area contributed by atoms with Gasteiger partial charge in [-0.1, -0.05) is 190 Å². The van der Waals surface area contributed by atoms with Gasteiger partial charge in [0.15, 0.2) is 5.82 Å². The zero-order valence-corrected chi connectivity index (χ0v) is 30.9. The molecule has 0 spiro atoms. The molecule has 0 atom stereocenters. The average molecular weight is 703 g/mol. The van der Waals surface area contributed by atoms with E-state index in [0.717, 1.165) is 39.0 Å².